The maximum Gasteiger partial charge on any atom is 0.302 e. The van der Waals surface area contributed by atoms with Gasteiger partial charge in [0.15, 0.2) is 0 Å². The van der Waals surface area contributed by atoms with Crippen molar-refractivity contribution in [1.29, 1.82) is 0 Å². The highest BCUT2D eigenvalue weighted by Crippen LogP contribution is 2.08. The van der Waals surface area contributed by atoms with Crippen molar-refractivity contribution < 1.29 is 9.53 Å². The summed E-state index contributed by atoms with van der Waals surface area (Å²) in [6, 6.07) is 0. The van der Waals surface area contributed by atoms with Crippen molar-refractivity contribution >= 4 is 23.2 Å². The fourth-order valence-corrected chi connectivity index (χ4v) is 1.39. The van der Waals surface area contributed by atoms with E-state index in [4.69, 9.17) is 22.7 Å². The summed E-state index contributed by atoms with van der Waals surface area (Å²) < 4.78 is 4.99. The molecule has 0 bridgehead atoms. The van der Waals surface area contributed by atoms with Crippen LogP contribution < -0.4 is 5.73 Å². The van der Waals surface area contributed by atoms with Crippen LogP contribution >= 0.6 is 12.2 Å². The van der Waals surface area contributed by atoms with Gasteiger partial charge >= 0.3 is 5.97 Å². The molecule has 0 saturated heterocycles. The average molecular weight is 217 g/mol. The van der Waals surface area contributed by atoms with Crippen LogP contribution in [-0.4, -0.2) is 17.1 Å². The van der Waals surface area contributed by atoms with Crippen LogP contribution in [0.5, 0.6) is 0 Å². The van der Waals surface area contributed by atoms with Crippen LogP contribution in [0.4, 0.5) is 0 Å². The first kappa shape index (κ1) is 13.4. The molecule has 0 aromatic heterocycles. The van der Waals surface area contributed by atoms with Crippen LogP contribution in [-0.2, 0) is 9.53 Å². The van der Waals surface area contributed by atoms with Crippen LogP contribution in [0.2, 0.25) is 0 Å². The van der Waals surface area contributed by atoms with Gasteiger partial charge in [0, 0.05) is 6.92 Å². The normalized spacial score (nSPS) is 12.1. The molecule has 0 radical (unpaired) electrons. The highest BCUT2D eigenvalue weighted by Gasteiger charge is 2.04. The summed E-state index contributed by atoms with van der Waals surface area (Å²) in [6.45, 7) is 3.35. The van der Waals surface area contributed by atoms with Gasteiger partial charge in [-0.15, -0.1) is 0 Å². The van der Waals surface area contributed by atoms with Gasteiger partial charge in [-0.05, 0) is 32.6 Å². The number of carbonyl (C=O) groups is 1. The zero-order valence-electron chi connectivity index (χ0n) is 8.91. The van der Waals surface area contributed by atoms with Crippen molar-refractivity contribution in [3.05, 3.63) is 0 Å². The third-order valence-electron chi connectivity index (χ3n) is 1.90. The van der Waals surface area contributed by atoms with E-state index in [1.165, 1.54) is 6.92 Å². The zero-order valence-corrected chi connectivity index (χ0v) is 9.73. The monoisotopic (exact) mass is 217 g/mol. The summed E-state index contributed by atoms with van der Waals surface area (Å²) in [6.07, 6.45) is 4.92. The molecule has 14 heavy (non-hydrogen) atoms. The van der Waals surface area contributed by atoms with Gasteiger partial charge in [0.05, 0.1) is 11.1 Å². The first-order valence-corrected chi connectivity index (χ1v) is 5.38. The number of rotatable bonds is 7. The Kier molecular flexibility index (Phi) is 7.38. The highest BCUT2D eigenvalue weighted by atomic mass is 32.1. The Morgan fingerprint density at radius 2 is 2.07 bits per heavy atom. The minimum absolute atomic E-state index is 0.0253. The minimum atomic E-state index is -0.208. The maximum atomic E-state index is 10.6. The Hall–Kier alpha value is -0.640. The molecule has 82 valence electrons. The molecule has 0 fully saturated rings. The largest absolute Gasteiger partial charge is 0.463 e. The molecule has 0 aliphatic heterocycles. The van der Waals surface area contributed by atoms with Crippen molar-refractivity contribution in [2.75, 3.05) is 0 Å². The summed E-state index contributed by atoms with van der Waals surface area (Å²) in [4.78, 5) is 11.2. The minimum Gasteiger partial charge on any atom is -0.463 e. The molecule has 0 aromatic carbocycles. The molecule has 3 nitrogen and oxygen atoms in total. The van der Waals surface area contributed by atoms with E-state index in [-0.39, 0.29) is 12.1 Å². The lowest BCUT2D eigenvalue weighted by molar-refractivity contribution is -0.145. The lowest BCUT2D eigenvalue weighted by atomic mass is 10.1. The molecule has 0 aliphatic carbocycles. The van der Waals surface area contributed by atoms with Crippen molar-refractivity contribution in [1.82, 2.24) is 0 Å². The van der Waals surface area contributed by atoms with Gasteiger partial charge in [-0.1, -0.05) is 18.6 Å². The third-order valence-corrected chi connectivity index (χ3v) is 2.11. The first-order valence-electron chi connectivity index (χ1n) is 4.98. The van der Waals surface area contributed by atoms with Gasteiger partial charge in [-0.25, -0.2) is 0 Å². The van der Waals surface area contributed by atoms with Crippen molar-refractivity contribution in [2.45, 2.75) is 52.1 Å². The summed E-state index contributed by atoms with van der Waals surface area (Å²) in [7, 11) is 0. The van der Waals surface area contributed by atoms with Crippen LogP contribution in [0.15, 0.2) is 0 Å². The molecule has 0 spiro atoms. The molecule has 0 aliphatic rings. The van der Waals surface area contributed by atoms with Crippen LogP contribution in [0.25, 0.3) is 0 Å². The lowest BCUT2D eigenvalue weighted by Crippen LogP contribution is -2.12. The SMILES string of the molecule is CC(=O)OC(C)CCCCCC(N)=S. The summed E-state index contributed by atoms with van der Waals surface area (Å²) in [5.74, 6) is -0.208. The number of hydrogen-bond acceptors (Lipinski definition) is 3. The second kappa shape index (κ2) is 7.74. The lowest BCUT2D eigenvalue weighted by Gasteiger charge is -2.10. The smallest absolute Gasteiger partial charge is 0.302 e. The molecule has 1 unspecified atom stereocenters. The Morgan fingerprint density at radius 3 is 2.57 bits per heavy atom. The number of esters is 1. The van der Waals surface area contributed by atoms with Gasteiger partial charge in [-0.2, -0.15) is 0 Å². The average Bonchev–Trinajstić information content (AvgIpc) is 2.01. The van der Waals surface area contributed by atoms with Gasteiger partial charge in [-0.3, -0.25) is 4.79 Å². The molecule has 0 saturated carbocycles. The molecule has 1 atom stereocenters. The van der Waals surface area contributed by atoms with E-state index in [1.807, 2.05) is 6.92 Å². The topological polar surface area (TPSA) is 52.3 Å². The second-order valence-electron chi connectivity index (χ2n) is 3.49. The fourth-order valence-electron chi connectivity index (χ4n) is 1.25. The second-order valence-corrected chi connectivity index (χ2v) is 4.01. The highest BCUT2D eigenvalue weighted by molar-refractivity contribution is 7.80. The summed E-state index contributed by atoms with van der Waals surface area (Å²) in [5.41, 5.74) is 5.36. The quantitative estimate of drug-likeness (QED) is 0.403. The number of ether oxygens (including phenoxy) is 1. The number of nitrogens with two attached hydrogens (primary N) is 1. The predicted octanol–water partition coefficient (Wildman–Crippen LogP) is 2.17. The molecular formula is C10H19NO2S. The molecule has 0 aromatic rings. The van der Waals surface area contributed by atoms with Crippen molar-refractivity contribution in [2.24, 2.45) is 5.73 Å². The van der Waals surface area contributed by atoms with Gasteiger partial charge in [0.25, 0.3) is 0 Å². The standard InChI is InChI=1S/C10H19NO2S/c1-8(13-9(2)12)6-4-3-5-7-10(11)14/h8H,3-7H2,1-2H3,(H2,11,14). The van der Waals surface area contributed by atoms with E-state index in [0.717, 1.165) is 32.1 Å². The Morgan fingerprint density at radius 1 is 1.43 bits per heavy atom. The van der Waals surface area contributed by atoms with Crippen molar-refractivity contribution in [3.63, 3.8) is 0 Å². The van der Waals surface area contributed by atoms with Crippen LogP contribution in [0, 0.1) is 0 Å². The first-order chi connectivity index (χ1) is 6.52. The molecule has 2 N–H and O–H groups in total. The Balaban J connectivity index is 3.27. The zero-order chi connectivity index (χ0) is 11.0. The third kappa shape index (κ3) is 9.45. The Bertz CT molecular complexity index is 195. The number of thiocarbonyl (C=S) groups is 1. The van der Waals surface area contributed by atoms with Crippen molar-refractivity contribution in [3.8, 4) is 0 Å². The van der Waals surface area contributed by atoms with E-state index in [1.54, 1.807) is 0 Å². The van der Waals surface area contributed by atoms with Crippen LogP contribution in [0.3, 0.4) is 0 Å². The molecule has 0 amide bonds. The van der Waals surface area contributed by atoms with Gasteiger partial charge < -0.3 is 10.5 Å². The summed E-state index contributed by atoms with van der Waals surface area (Å²) in [5, 5.41) is 0. The van der Waals surface area contributed by atoms with E-state index < -0.39 is 0 Å². The number of hydrogen-bond donors (Lipinski definition) is 1. The van der Waals surface area contributed by atoms with E-state index in [9.17, 15) is 4.79 Å². The Labute approximate surface area is 91.0 Å². The molecule has 4 heteroatoms. The molecule has 0 heterocycles. The number of unbranched alkanes of at least 4 members (excludes halogenated alkanes) is 2. The fraction of sp³-hybridized carbons (Fsp3) is 0.800. The summed E-state index contributed by atoms with van der Waals surface area (Å²) >= 11 is 4.76. The number of carbonyl (C=O) groups excluding carboxylic acids is 1. The van der Waals surface area contributed by atoms with Gasteiger partial charge in [0.2, 0.25) is 0 Å². The van der Waals surface area contributed by atoms with E-state index in [0.29, 0.717) is 4.99 Å². The maximum absolute atomic E-state index is 10.6. The van der Waals surface area contributed by atoms with E-state index >= 15 is 0 Å². The predicted molar refractivity (Wildman–Crippen MR) is 61.1 cm³/mol. The van der Waals surface area contributed by atoms with E-state index in [2.05, 4.69) is 0 Å². The molecule has 0 rings (SSSR count). The van der Waals surface area contributed by atoms with Gasteiger partial charge in [0.1, 0.15) is 0 Å². The van der Waals surface area contributed by atoms with Crippen LogP contribution in [0.1, 0.15) is 46.0 Å². The molecular weight excluding hydrogens is 198 g/mol.